The first-order valence-electron chi connectivity index (χ1n) is 10.0. The van der Waals surface area contributed by atoms with Gasteiger partial charge in [-0.15, -0.1) is 0 Å². The Balaban J connectivity index is 1.36. The quantitative estimate of drug-likeness (QED) is 0.862. The van der Waals surface area contributed by atoms with Crippen LogP contribution < -0.4 is 4.74 Å². The maximum Gasteiger partial charge on any atom is 0.260 e. The summed E-state index contributed by atoms with van der Waals surface area (Å²) in [6.45, 7) is 3.04. The molecule has 27 heavy (non-hydrogen) atoms. The predicted octanol–water partition coefficient (Wildman–Crippen LogP) is 2.41. The fraction of sp³-hybridized carbons (Fsp3) is 0.619. The Labute approximate surface area is 160 Å². The van der Waals surface area contributed by atoms with E-state index in [0.717, 1.165) is 38.9 Å². The molecule has 1 saturated carbocycles. The molecule has 1 atom stereocenters. The summed E-state index contributed by atoms with van der Waals surface area (Å²) < 4.78 is 5.52. The zero-order chi connectivity index (χ0) is 18.9. The molecular formula is C21H28N2O4. The molecule has 3 fully saturated rings. The van der Waals surface area contributed by atoms with E-state index in [9.17, 15) is 14.7 Å². The normalized spacial score (nSPS) is 25.7. The van der Waals surface area contributed by atoms with Crippen molar-refractivity contribution >= 4 is 11.8 Å². The lowest BCUT2D eigenvalue weighted by atomic mass is 9.73. The molecule has 1 spiro atoms. The molecular weight excluding hydrogens is 344 g/mol. The highest BCUT2D eigenvalue weighted by Gasteiger charge is 2.43. The molecule has 1 aromatic rings. The number of hydrogen-bond acceptors (Lipinski definition) is 4. The Bertz CT molecular complexity index is 718. The molecule has 2 amide bonds. The molecule has 1 unspecified atom stereocenters. The molecule has 0 aromatic heterocycles. The monoisotopic (exact) mass is 372 g/mol. The number of carbonyl (C=O) groups excluding carboxylic acids is 2. The number of likely N-dealkylation sites (tertiary alicyclic amines) is 2. The van der Waals surface area contributed by atoms with Crippen molar-refractivity contribution in [1.29, 1.82) is 0 Å². The summed E-state index contributed by atoms with van der Waals surface area (Å²) in [6, 6.07) is 6.69. The zero-order valence-electron chi connectivity index (χ0n) is 15.7. The van der Waals surface area contributed by atoms with Crippen molar-refractivity contribution in [1.82, 2.24) is 9.80 Å². The lowest BCUT2D eigenvalue weighted by Gasteiger charge is -2.48. The van der Waals surface area contributed by atoms with Gasteiger partial charge >= 0.3 is 0 Å². The minimum atomic E-state index is -0.0711. The van der Waals surface area contributed by atoms with E-state index in [0.29, 0.717) is 24.6 Å². The van der Waals surface area contributed by atoms with Gasteiger partial charge in [-0.1, -0.05) is 12.1 Å². The van der Waals surface area contributed by atoms with E-state index in [1.807, 2.05) is 9.80 Å². The first kappa shape index (κ1) is 18.1. The molecule has 0 radical (unpaired) electrons. The molecule has 3 aliphatic rings. The number of ether oxygens (including phenoxy) is 1. The van der Waals surface area contributed by atoms with Crippen molar-refractivity contribution in [3.8, 4) is 11.5 Å². The number of hydrogen-bond donors (Lipinski definition) is 1. The highest BCUT2D eigenvalue weighted by Crippen LogP contribution is 2.40. The van der Waals surface area contributed by atoms with Gasteiger partial charge in [0.2, 0.25) is 5.91 Å². The summed E-state index contributed by atoms with van der Waals surface area (Å²) in [5.41, 5.74) is 0.0333. The van der Waals surface area contributed by atoms with Crippen LogP contribution in [0.1, 0.15) is 38.5 Å². The van der Waals surface area contributed by atoms with Crippen molar-refractivity contribution in [3.05, 3.63) is 24.3 Å². The van der Waals surface area contributed by atoms with Crippen molar-refractivity contribution in [2.75, 3.05) is 32.8 Å². The Morgan fingerprint density at radius 1 is 1.22 bits per heavy atom. The number of amides is 2. The lowest BCUT2D eigenvalue weighted by Crippen LogP contribution is -2.55. The summed E-state index contributed by atoms with van der Waals surface area (Å²) in [5.74, 6) is 1.29. The lowest BCUT2D eigenvalue weighted by molar-refractivity contribution is -0.144. The first-order valence-corrected chi connectivity index (χ1v) is 10.0. The SMILES string of the molecule is O=C(COc1ccccc1O)N1CCCC2(CCC(=O)N(CC3CC3)C2)C1. The number of nitrogens with zero attached hydrogens (tertiary/aromatic N) is 2. The van der Waals surface area contributed by atoms with E-state index in [2.05, 4.69) is 0 Å². The van der Waals surface area contributed by atoms with Crippen molar-refractivity contribution in [2.24, 2.45) is 11.3 Å². The highest BCUT2D eigenvalue weighted by molar-refractivity contribution is 5.79. The summed E-state index contributed by atoms with van der Waals surface area (Å²) in [5, 5.41) is 9.78. The van der Waals surface area contributed by atoms with Crippen LogP contribution in [-0.2, 0) is 9.59 Å². The van der Waals surface area contributed by atoms with Crippen LogP contribution >= 0.6 is 0 Å². The van der Waals surface area contributed by atoms with Gasteiger partial charge in [0.25, 0.3) is 5.91 Å². The summed E-state index contributed by atoms with van der Waals surface area (Å²) in [4.78, 5) is 28.9. The van der Waals surface area contributed by atoms with Crippen LogP contribution in [0.15, 0.2) is 24.3 Å². The number of phenolic OH excluding ortho intramolecular Hbond substituents is 1. The molecule has 1 aliphatic carbocycles. The fourth-order valence-electron chi connectivity index (χ4n) is 4.44. The fourth-order valence-corrected chi connectivity index (χ4v) is 4.44. The Morgan fingerprint density at radius 2 is 2.04 bits per heavy atom. The topological polar surface area (TPSA) is 70.1 Å². The third kappa shape index (κ3) is 4.20. The minimum absolute atomic E-state index is 0.0333. The van der Waals surface area contributed by atoms with Gasteiger partial charge in [0.15, 0.2) is 18.1 Å². The van der Waals surface area contributed by atoms with Crippen LogP contribution in [0.5, 0.6) is 11.5 Å². The van der Waals surface area contributed by atoms with E-state index in [1.54, 1.807) is 24.3 Å². The average molecular weight is 372 g/mol. The molecule has 1 N–H and O–H groups in total. The third-order valence-electron chi connectivity index (χ3n) is 6.15. The first-order chi connectivity index (χ1) is 13.0. The smallest absolute Gasteiger partial charge is 0.260 e. The average Bonchev–Trinajstić information content (AvgIpc) is 3.48. The molecule has 0 bridgehead atoms. The van der Waals surface area contributed by atoms with Crippen LogP contribution in [0, 0.1) is 11.3 Å². The largest absolute Gasteiger partial charge is 0.504 e. The van der Waals surface area contributed by atoms with E-state index < -0.39 is 0 Å². The van der Waals surface area contributed by atoms with Crippen molar-refractivity contribution < 1.29 is 19.4 Å². The molecule has 6 nitrogen and oxygen atoms in total. The summed E-state index contributed by atoms with van der Waals surface area (Å²) >= 11 is 0. The van der Waals surface area contributed by atoms with Gasteiger partial charge in [-0.05, 0) is 50.2 Å². The molecule has 4 rings (SSSR count). The maximum atomic E-state index is 12.7. The number of phenols is 1. The Morgan fingerprint density at radius 3 is 2.81 bits per heavy atom. The number of rotatable bonds is 5. The minimum Gasteiger partial charge on any atom is -0.504 e. The van der Waals surface area contributed by atoms with Crippen molar-refractivity contribution in [3.63, 3.8) is 0 Å². The molecule has 2 aliphatic heterocycles. The molecule has 6 heteroatoms. The van der Waals surface area contributed by atoms with Crippen LogP contribution in [0.25, 0.3) is 0 Å². The second-order valence-electron chi connectivity index (χ2n) is 8.39. The zero-order valence-corrected chi connectivity index (χ0v) is 15.7. The predicted molar refractivity (Wildman–Crippen MR) is 100 cm³/mol. The summed E-state index contributed by atoms with van der Waals surface area (Å²) in [7, 11) is 0. The number of para-hydroxylation sites is 2. The maximum absolute atomic E-state index is 12.7. The van der Waals surface area contributed by atoms with E-state index >= 15 is 0 Å². The Hall–Kier alpha value is -2.24. The Kier molecular flexibility index (Phi) is 4.98. The standard InChI is InChI=1S/C21H28N2O4/c24-17-4-1-2-5-18(17)27-13-20(26)22-11-3-9-21(14-22)10-8-19(25)23(15-21)12-16-6-7-16/h1-2,4-5,16,24H,3,6-15H2. The van der Waals surface area contributed by atoms with E-state index in [1.165, 1.54) is 12.8 Å². The number of benzene rings is 1. The van der Waals surface area contributed by atoms with Gasteiger partial charge < -0.3 is 19.6 Å². The van der Waals surface area contributed by atoms with Gasteiger partial charge in [0.05, 0.1) is 0 Å². The second-order valence-corrected chi connectivity index (χ2v) is 8.39. The van der Waals surface area contributed by atoms with Crippen LogP contribution in [0.2, 0.25) is 0 Å². The molecule has 146 valence electrons. The molecule has 2 heterocycles. The highest BCUT2D eigenvalue weighted by atomic mass is 16.5. The third-order valence-corrected chi connectivity index (χ3v) is 6.15. The second kappa shape index (κ2) is 7.41. The van der Waals surface area contributed by atoms with Crippen LogP contribution in [0.4, 0.5) is 0 Å². The van der Waals surface area contributed by atoms with Gasteiger partial charge in [-0.25, -0.2) is 0 Å². The van der Waals surface area contributed by atoms with Crippen LogP contribution in [0.3, 0.4) is 0 Å². The number of carbonyl (C=O) groups is 2. The van der Waals surface area contributed by atoms with Gasteiger partial charge in [-0.3, -0.25) is 9.59 Å². The van der Waals surface area contributed by atoms with Crippen molar-refractivity contribution in [2.45, 2.75) is 38.5 Å². The molecule has 2 saturated heterocycles. The van der Waals surface area contributed by atoms with Gasteiger partial charge in [0.1, 0.15) is 0 Å². The molecule has 1 aromatic carbocycles. The number of piperidine rings is 2. The number of aromatic hydroxyl groups is 1. The van der Waals surface area contributed by atoms with Gasteiger partial charge in [0, 0.05) is 38.0 Å². The summed E-state index contributed by atoms with van der Waals surface area (Å²) in [6.07, 6.45) is 6.00. The van der Waals surface area contributed by atoms with E-state index in [-0.39, 0.29) is 29.6 Å². The van der Waals surface area contributed by atoms with E-state index in [4.69, 9.17) is 4.74 Å². The van der Waals surface area contributed by atoms with Gasteiger partial charge in [-0.2, -0.15) is 0 Å². The van der Waals surface area contributed by atoms with Crippen LogP contribution in [-0.4, -0.2) is 59.5 Å².